The van der Waals surface area contributed by atoms with Crippen molar-refractivity contribution >= 4 is 22.4 Å². The summed E-state index contributed by atoms with van der Waals surface area (Å²) in [6.45, 7) is 0. The minimum absolute atomic E-state index is 0.0275. The highest BCUT2D eigenvalue weighted by atomic mass is 16.5. The lowest BCUT2D eigenvalue weighted by atomic mass is 10.1. The van der Waals surface area contributed by atoms with Crippen LogP contribution < -0.4 is 10.5 Å². The van der Waals surface area contributed by atoms with Gasteiger partial charge >= 0.3 is 0 Å². The zero-order valence-electron chi connectivity index (χ0n) is 11.6. The summed E-state index contributed by atoms with van der Waals surface area (Å²) in [5, 5.41) is 0.921. The number of carbonyl (C=O) groups is 1. The van der Waals surface area contributed by atoms with E-state index in [0.717, 1.165) is 5.39 Å². The lowest BCUT2D eigenvalue weighted by Crippen LogP contribution is -2.03. The number of fused-ring (bicyclic) bond motifs is 1. The number of Topliss-reactive ketones (excluding diaryl/α,β-unsaturated/α-hetero) is 1. The summed E-state index contributed by atoms with van der Waals surface area (Å²) in [6, 6.07) is 14.5. The molecule has 2 aromatic carbocycles. The Labute approximate surface area is 122 Å². The van der Waals surface area contributed by atoms with Crippen LogP contribution >= 0.6 is 0 Å². The summed E-state index contributed by atoms with van der Waals surface area (Å²) >= 11 is 0. The summed E-state index contributed by atoms with van der Waals surface area (Å²) in [5.74, 6) is 1.25. The Hall–Kier alpha value is -2.75. The molecule has 0 unspecified atom stereocenters. The highest BCUT2D eigenvalue weighted by molar-refractivity contribution is 5.98. The van der Waals surface area contributed by atoms with Crippen molar-refractivity contribution in [1.29, 1.82) is 0 Å². The molecule has 4 nitrogen and oxygen atoms in total. The number of methoxy groups -OCH3 is 1. The zero-order valence-corrected chi connectivity index (χ0v) is 11.6. The molecule has 3 rings (SSSR count). The predicted octanol–water partition coefficient (Wildman–Crippen LogP) is 3.45. The number of ether oxygens (including phenoxy) is 1. The second-order valence-electron chi connectivity index (χ2n) is 4.82. The van der Waals surface area contributed by atoms with Crippen LogP contribution in [0.1, 0.15) is 16.1 Å². The first-order valence-corrected chi connectivity index (χ1v) is 6.61. The third-order valence-corrected chi connectivity index (χ3v) is 3.32. The van der Waals surface area contributed by atoms with Crippen molar-refractivity contribution in [3.63, 3.8) is 0 Å². The first kappa shape index (κ1) is 13.2. The number of furan rings is 1. The molecule has 0 radical (unpaired) electrons. The minimum atomic E-state index is -0.0275. The van der Waals surface area contributed by atoms with E-state index in [2.05, 4.69) is 0 Å². The third-order valence-electron chi connectivity index (χ3n) is 3.32. The number of hydrogen-bond donors (Lipinski definition) is 1. The van der Waals surface area contributed by atoms with E-state index in [0.29, 0.717) is 28.3 Å². The van der Waals surface area contributed by atoms with Gasteiger partial charge in [0, 0.05) is 16.6 Å². The van der Waals surface area contributed by atoms with Crippen LogP contribution in [0.15, 0.2) is 52.9 Å². The van der Waals surface area contributed by atoms with E-state index in [4.69, 9.17) is 14.9 Å². The Balaban J connectivity index is 1.90. The van der Waals surface area contributed by atoms with Crippen molar-refractivity contribution in [2.75, 3.05) is 12.8 Å². The van der Waals surface area contributed by atoms with E-state index < -0.39 is 0 Å². The Kier molecular flexibility index (Phi) is 3.36. The van der Waals surface area contributed by atoms with E-state index in [1.54, 1.807) is 31.4 Å². The van der Waals surface area contributed by atoms with Crippen molar-refractivity contribution in [1.82, 2.24) is 0 Å². The average molecular weight is 281 g/mol. The fourth-order valence-corrected chi connectivity index (χ4v) is 2.31. The molecular weight excluding hydrogens is 266 g/mol. The molecule has 0 atom stereocenters. The molecule has 0 aliphatic heterocycles. The number of carbonyl (C=O) groups excluding carboxylic acids is 1. The molecule has 1 aromatic heterocycles. The molecule has 0 spiro atoms. The smallest absolute Gasteiger partial charge is 0.176 e. The Morgan fingerprint density at radius 2 is 2.00 bits per heavy atom. The van der Waals surface area contributed by atoms with Crippen LogP contribution in [0, 0.1) is 0 Å². The van der Waals surface area contributed by atoms with E-state index >= 15 is 0 Å². The molecule has 1 heterocycles. The van der Waals surface area contributed by atoms with Gasteiger partial charge < -0.3 is 14.9 Å². The standard InChI is InChI=1S/C17H15NO3/c1-20-16-7-3-5-12-9-14(21-17(12)16)10-15(19)11-4-2-6-13(18)8-11/h2-9H,10,18H2,1H3. The van der Waals surface area contributed by atoms with Gasteiger partial charge in [-0.2, -0.15) is 0 Å². The first-order valence-electron chi connectivity index (χ1n) is 6.61. The summed E-state index contributed by atoms with van der Waals surface area (Å²) in [5.41, 5.74) is 7.52. The summed E-state index contributed by atoms with van der Waals surface area (Å²) < 4.78 is 11.0. The van der Waals surface area contributed by atoms with Gasteiger partial charge in [0.05, 0.1) is 13.5 Å². The van der Waals surface area contributed by atoms with E-state index in [-0.39, 0.29) is 12.2 Å². The third kappa shape index (κ3) is 2.60. The zero-order chi connectivity index (χ0) is 14.8. The summed E-state index contributed by atoms with van der Waals surface area (Å²) in [4.78, 5) is 12.3. The van der Waals surface area contributed by atoms with Crippen LogP contribution in [-0.2, 0) is 6.42 Å². The van der Waals surface area contributed by atoms with Crippen LogP contribution in [0.2, 0.25) is 0 Å². The maximum Gasteiger partial charge on any atom is 0.176 e. The van der Waals surface area contributed by atoms with Crippen molar-refractivity contribution in [3.05, 3.63) is 59.9 Å². The fourth-order valence-electron chi connectivity index (χ4n) is 2.31. The van der Waals surface area contributed by atoms with Gasteiger partial charge in [-0.25, -0.2) is 0 Å². The molecule has 2 N–H and O–H groups in total. The van der Waals surface area contributed by atoms with Crippen LogP contribution in [0.25, 0.3) is 11.0 Å². The van der Waals surface area contributed by atoms with Crippen LogP contribution in [0.5, 0.6) is 5.75 Å². The van der Waals surface area contributed by atoms with Crippen LogP contribution in [0.4, 0.5) is 5.69 Å². The maximum absolute atomic E-state index is 12.3. The van der Waals surface area contributed by atoms with Gasteiger partial charge in [0.2, 0.25) is 0 Å². The van der Waals surface area contributed by atoms with E-state index in [1.807, 2.05) is 24.3 Å². The highest BCUT2D eigenvalue weighted by Crippen LogP contribution is 2.29. The van der Waals surface area contributed by atoms with Crippen molar-refractivity contribution in [2.24, 2.45) is 0 Å². The molecular formula is C17H15NO3. The molecule has 21 heavy (non-hydrogen) atoms. The molecule has 0 aliphatic rings. The maximum atomic E-state index is 12.3. The number of rotatable bonds is 4. The quantitative estimate of drug-likeness (QED) is 0.587. The monoisotopic (exact) mass is 281 g/mol. The Morgan fingerprint density at radius 1 is 1.19 bits per heavy atom. The number of ketones is 1. The molecule has 0 aliphatic carbocycles. The van der Waals surface area contributed by atoms with Crippen molar-refractivity contribution in [2.45, 2.75) is 6.42 Å². The molecule has 0 saturated carbocycles. The number of para-hydroxylation sites is 1. The topological polar surface area (TPSA) is 65.5 Å². The second kappa shape index (κ2) is 5.32. The van der Waals surface area contributed by atoms with Crippen molar-refractivity contribution in [3.8, 4) is 5.75 Å². The molecule has 0 fully saturated rings. The molecule has 3 aromatic rings. The summed E-state index contributed by atoms with van der Waals surface area (Å²) in [6.07, 6.45) is 0.196. The number of benzene rings is 2. The summed E-state index contributed by atoms with van der Waals surface area (Å²) in [7, 11) is 1.59. The molecule has 106 valence electrons. The number of hydrogen-bond acceptors (Lipinski definition) is 4. The molecule has 4 heteroatoms. The fraction of sp³-hybridized carbons (Fsp3) is 0.118. The number of nitrogens with two attached hydrogens (primary N) is 1. The minimum Gasteiger partial charge on any atom is -0.493 e. The predicted molar refractivity (Wildman–Crippen MR) is 81.7 cm³/mol. The van der Waals surface area contributed by atoms with Gasteiger partial charge in [-0.15, -0.1) is 0 Å². The normalized spacial score (nSPS) is 10.7. The van der Waals surface area contributed by atoms with Crippen LogP contribution in [-0.4, -0.2) is 12.9 Å². The van der Waals surface area contributed by atoms with Gasteiger partial charge in [-0.3, -0.25) is 4.79 Å². The Bertz CT molecular complexity index is 805. The molecule has 0 saturated heterocycles. The largest absolute Gasteiger partial charge is 0.493 e. The first-order chi connectivity index (χ1) is 10.2. The lowest BCUT2D eigenvalue weighted by molar-refractivity contribution is 0.0987. The number of nitrogen functional groups attached to an aromatic ring is 1. The van der Waals surface area contributed by atoms with Gasteiger partial charge in [0.15, 0.2) is 17.1 Å². The van der Waals surface area contributed by atoms with E-state index in [1.165, 1.54) is 0 Å². The Morgan fingerprint density at radius 3 is 2.76 bits per heavy atom. The van der Waals surface area contributed by atoms with Gasteiger partial charge in [0.25, 0.3) is 0 Å². The van der Waals surface area contributed by atoms with E-state index in [9.17, 15) is 4.79 Å². The van der Waals surface area contributed by atoms with Gasteiger partial charge in [0.1, 0.15) is 5.76 Å². The van der Waals surface area contributed by atoms with Crippen LogP contribution in [0.3, 0.4) is 0 Å². The van der Waals surface area contributed by atoms with Gasteiger partial charge in [-0.05, 0) is 24.3 Å². The highest BCUT2D eigenvalue weighted by Gasteiger charge is 2.13. The molecule has 0 bridgehead atoms. The lowest BCUT2D eigenvalue weighted by Gasteiger charge is -2.00. The second-order valence-corrected chi connectivity index (χ2v) is 4.82. The average Bonchev–Trinajstić information content (AvgIpc) is 2.89. The number of anilines is 1. The van der Waals surface area contributed by atoms with Gasteiger partial charge in [-0.1, -0.05) is 24.3 Å². The molecule has 0 amide bonds. The SMILES string of the molecule is COc1cccc2cc(CC(=O)c3cccc(N)c3)oc12. The van der Waals surface area contributed by atoms with Crippen molar-refractivity contribution < 1.29 is 13.9 Å².